The Bertz CT molecular complexity index is 266. The normalized spacial score (nSPS) is 25.1. The van der Waals surface area contributed by atoms with Gasteiger partial charge in [0.2, 0.25) is 5.91 Å². The molecule has 1 aliphatic carbocycles. The number of hydrogen-bond donors (Lipinski definition) is 2. The number of nitrogens with one attached hydrogen (secondary N) is 2. The maximum absolute atomic E-state index is 11.4. The minimum Gasteiger partial charge on any atom is -0.355 e. The SMILES string of the molecule is CN1CCCCC1CCNCCNC(=O)C1CC1. The van der Waals surface area contributed by atoms with Gasteiger partial charge in [-0.1, -0.05) is 6.42 Å². The van der Waals surface area contributed by atoms with Crippen molar-refractivity contribution in [2.45, 2.75) is 44.6 Å². The molecule has 4 heteroatoms. The molecule has 0 aromatic heterocycles. The van der Waals surface area contributed by atoms with Crippen molar-refractivity contribution in [2.24, 2.45) is 5.92 Å². The Morgan fingerprint density at radius 1 is 1.17 bits per heavy atom. The van der Waals surface area contributed by atoms with E-state index in [1.54, 1.807) is 0 Å². The summed E-state index contributed by atoms with van der Waals surface area (Å²) >= 11 is 0. The molecule has 0 aromatic carbocycles. The fourth-order valence-electron chi connectivity index (χ4n) is 2.67. The molecule has 0 bridgehead atoms. The van der Waals surface area contributed by atoms with Crippen LogP contribution in [0, 0.1) is 5.92 Å². The van der Waals surface area contributed by atoms with Crippen LogP contribution in [0.1, 0.15) is 38.5 Å². The molecule has 0 aromatic rings. The van der Waals surface area contributed by atoms with Gasteiger partial charge in [-0.15, -0.1) is 0 Å². The molecule has 1 unspecified atom stereocenters. The molecule has 2 N–H and O–H groups in total. The Kier molecular flexibility index (Phi) is 5.45. The van der Waals surface area contributed by atoms with Crippen LogP contribution in [0.25, 0.3) is 0 Å². The zero-order valence-corrected chi connectivity index (χ0v) is 11.6. The van der Waals surface area contributed by atoms with Crippen molar-refractivity contribution in [2.75, 3.05) is 33.2 Å². The van der Waals surface area contributed by atoms with Gasteiger partial charge in [0.1, 0.15) is 0 Å². The van der Waals surface area contributed by atoms with E-state index >= 15 is 0 Å². The third kappa shape index (κ3) is 4.58. The van der Waals surface area contributed by atoms with Crippen molar-refractivity contribution in [1.29, 1.82) is 0 Å². The molecule has 1 saturated carbocycles. The quantitative estimate of drug-likeness (QED) is 0.665. The predicted octanol–water partition coefficient (Wildman–Crippen LogP) is 0.977. The van der Waals surface area contributed by atoms with Crippen LogP contribution < -0.4 is 10.6 Å². The van der Waals surface area contributed by atoms with Crippen molar-refractivity contribution < 1.29 is 4.79 Å². The zero-order valence-electron chi connectivity index (χ0n) is 11.6. The second kappa shape index (κ2) is 7.10. The number of likely N-dealkylation sites (tertiary alicyclic amines) is 1. The summed E-state index contributed by atoms with van der Waals surface area (Å²) in [7, 11) is 2.24. The van der Waals surface area contributed by atoms with E-state index in [1.807, 2.05) is 0 Å². The number of amides is 1. The van der Waals surface area contributed by atoms with Gasteiger partial charge < -0.3 is 15.5 Å². The highest BCUT2D eigenvalue weighted by atomic mass is 16.2. The van der Waals surface area contributed by atoms with Crippen molar-refractivity contribution in [3.8, 4) is 0 Å². The number of hydrogen-bond acceptors (Lipinski definition) is 3. The van der Waals surface area contributed by atoms with Crippen molar-refractivity contribution >= 4 is 5.91 Å². The highest BCUT2D eigenvalue weighted by Gasteiger charge is 2.28. The Balaban J connectivity index is 1.44. The number of carbonyl (C=O) groups is 1. The van der Waals surface area contributed by atoms with Crippen molar-refractivity contribution in [3.05, 3.63) is 0 Å². The molecule has 1 heterocycles. The number of rotatable bonds is 7. The summed E-state index contributed by atoms with van der Waals surface area (Å²) in [6.45, 7) is 3.99. The minimum absolute atomic E-state index is 0.254. The van der Waals surface area contributed by atoms with Gasteiger partial charge in [0.15, 0.2) is 0 Å². The third-order valence-electron chi connectivity index (χ3n) is 4.13. The fraction of sp³-hybridized carbons (Fsp3) is 0.929. The first-order valence-corrected chi connectivity index (χ1v) is 7.46. The predicted molar refractivity (Wildman–Crippen MR) is 73.5 cm³/mol. The van der Waals surface area contributed by atoms with Crippen LogP contribution in [0.15, 0.2) is 0 Å². The molecular formula is C14H27N3O. The van der Waals surface area contributed by atoms with Gasteiger partial charge in [-0.05, 0) is 52.2 Å². The van der Waals surface area contributed by atoms with Gasteiger partial charge in [-0.3, -0.25) is 4.79 Å². The first kappa shape index (κ1) is 13.8. The second-order valence-electron chi connectivity index (χ2n) is 5.73. The monoisotopic (exact) mass is 253 g/mol. The lowest BCUT2D eigenvalue weighted by atomic mass is 10.0. The summed E-state index contributed by atoms with van der Waals surface area (Å²) in [6.07, 6.45) is 7.49. The molecule has 0 radical (unpaired) electrons. The molecular weight excluding hydrogens is 226 g/mol. The molecule has 1 amide bonds. The summed E-state index contributed by atoms with van der Waals surface area (Å²) in [6, 6.07) is 0.757. The maximum atomic E-state index is 11.4. The maximum Gasteiger partial charge on any atom is 0.223 e. The lowest BCUT2D eigenvalue weighted by molar-refractivity contribution is -0.122. The van der Waals surface area contributed by atoms with E-state index in [1.165, 1.54) is 32.2 Å². The topological polar surface area (TPSA) is 44.4 Å². The minimum atomic E-state index is 0.254. The average Bonchev–Trinajstić information content (AvgIpc) is 3.19. The van der Waals surface area contributed by atoms with Crippen molar-refractivity contribution in [3.63, 3.8) is 0 Å². The van der Waals surface area contributed by atoms with E-state index < -0.39 is 0 Å². The van der Waals surface area contributed by atoms with E-state index in [9.17, 15) is 4.79 Å². The number of nitrogens with zero attached hydrogens (tertiary/aromatic N) is 1. The largest absolute Gasteiger partial charge is 0.355 e. The van der Waals surface area contributed by atoms with Crippen molar-refractivity contribution in [1.82, 2.24) is 15.5 Å². The van der Waals surface area contributed by atoms with Crippen LogP contribution in [0.2, 0.25) is 0 Å². The zero-order chi connectivity index (χ0) is 12.8. The summed E-state index contributed by atoms with van der Waals surface area (Å²) in [5, 5.41) is 6.41. The first-order valence-electron chi connectivity index (χ1n) is 7.46. The standard InChI is InChI=1S/C14H27N3O/c1-17-11-3-2-4-13(17)7-8-15-9-10-16-14(18)12-5-6-12/h12-13,15H,2-11H2,1H3,(H,16,18). The molecule has 1 saturated heterocycles. The van der Waals surface area contributed by atoms with E-state index in [0.29, 0.717) is 5.92 Å². The van der Waals surface area contributed by atoms with Crippen LogP contribution >= 0.6 is 0 Å². The van der Waals surface area contributed by atoms with E-state index in [2.05, 4.69) is 22.6 Å². The lowest BCUT2D eigenvalue weighted by Crippen LogP contribution is -2.39. The highest BCUT2D eigenvalue weighted by Crippen LogP contribution is 2.28. The van der Waals surface area contributed by atoms with Gasteiger partial charge in [0.25, 0.3) is 0 Å². The van der Waals surface area contributed by atoms with Crippen LogP contribution in [-0.2, 0) is 4.79 Å². The number of piperidine rings is 1. The smallest absolute Gasteiger partial charge is 0.223 e. The number of carbonyl (C=O) groups excluding carboxylic acids is 1. The molecule has 104 valence electrons. The third-order valence-corrected chi connectivity index (χ3v) is 4.13. The Hall–Kier alpha value is -0.610. The van der Waals surface area contributed by atoms with Crippen LogP contribution in [0.3, 0.4) is 0 Å². The molecule has 18 heavy (non-hydrogen) atoms. The molecule has 2 rings (SSSR count). The van der Waals surface area contributed by atoms with Crippen LogP contribution in [0.5, 0.6) is 0 Å². The fourth-order valence-corrected chi connectivity index (χ4v) is 2.67. The van der Waals surface area contributed by atoms with Gasteiger partial charge >= 0.3 is 0 Å². The average molecular weight is 253 g/mol. The van der Waals surface area contributed by atoms with E-state index in [4.69, 9.17) is 0 Å². The molecule has 2 aliphatic rings. The molecule has 4 nitrogen and oxygen atoms in total. The molecule has 1 aliphatic heterocycles. The first-order chi connectivity index (χ1) is 8.77. The van der Waals surface area contributed by atoms with Gasteiger partial charge in [-0.2, -0.15) is 0 Å². The summed E-state index contributed by atoms with van der Waals surface area (Å²) in [4.78, 5) is 13.9. The molecule has 0 spiro atoms. The summed E-state index contributed by atoms with van der Waals surface area (Å²) < 4.78 is 0. The van der Waals surface area contributed by atoms with Crippen LogP contribution in [-0.4, -0.2) is 50.1 Å². The van der Waals surface area contributed by atoms with Gasteiger partial charge in [0, 0.05) is 25.0 Å². The Morgan fingerprint density at radius 3 is 2.72 bits per heavy atom. The highest BCUT2D eigenvalue weighted by molar-refractivity contribution is 5.80. The Labute approximate surface area is 110 Å². The van der Waals surface area contributed by atoms with Gasteiger partial charge in [0.05, 0.1) is 0 Å². The van der Waals surface area contributed by atoms with Gasteiger partial charge in [-0.25, -0.2) is 0 Å². The van der Waals surface area contributed by atoms with E-state index in [-0.39, 0.29) is 5.91 Å². The molecule has 1 atom stereocenters. The Morgan fingerprint density at radius 2 is 2.00 bits per heavy atom. The van der Waals surface area contributed by atoms with Crippen LogP contribution in [0.4, 0.5) is 0 Å². The summed E-state index contributed by atoms with van der Waals surface area (Å²) in [5.74, 6) is 0.588. The molecule has 2 fully saturated rings. The second-order valence-corrected chi connectivity index (χ2v) is 5.73. The summed E-state index contributed by atoms with van der Waals surface area (Å²) in [5.41, 5.74) is 0. The van der Waals surface area contributed by atoms with E-state index in [0.717, 1.165) is 38.5 Å². The lowest BCUT2D eigenvalue weighted by Gasteiger charge is -2.32.